The summed E-state index contributed by atoms with van der Waals surface area (Å²) in [4.78, 5) is 26.0. The Morgan fingerprint density at radius 3 is 2.65 bits per heavy atom. The number of carbonyl (C=O) groups is 2. The zero-order valence-corrected chi connectivity index (χ0v) is 11.2. The van der Waals surface area contributed by atoms with E-state index in [1.807, 2.05) is 0 Å². The second kappa shape index (κ2) is 6.67. The monoisotopic (exact) mass is 292 g/mol. The van der Waals surface area contributed by atoms with E-state index in [9.17, 15) is 9.59 Å². The van der Waals surface area contributed by atoms with Crippen LogP contribution in [0.1, 0.15) is 5.56 Å². The summed E-state index contributed by atoms with van der Waals surface area (Å²) >= 11 is 1.33. The lowest BCUT2D eigenvalue weighted by Gasteiger charge is -2.06. The molecule has 0 radical (unpaired) electrons. The number of hydrogen-bond acceptors (Lipinski definition) is 5. The van der Waals surface area contributed by atoms with Crippen molar-refractivity contribution in [3.63, 3.8) is 0 Å². The molecule has 0 aliphatic heterocycles. The number of thiazole rings is 1. The maximum atomic E-state index is 11.5. The molecular weight excluding hydrogens is 280 g/mol. The number of carboxylic acid groups (broad SMARTS) is 1. The first-order valence-corrected chi connectivity index (χ1v) is 6.64. The van der Waals surface area contributed by atoms with Crippen LogP contribution in [0, 0.1) is 0 Å². The lowest BCUT2D eigenvalue weighted by atomic mass is 10.1. The summed E-state index contributed by atoms with van der Waals surface area (Å²) in [5.74, 6) is -0.676. The average Bonchev–Trinajstić information content (AvgIpc) is 2.90. The lowest BCUT2D eigenvalue weighted by Crippen LogP contribution is -2.19. The molecule has 7 heteroatoms. The first kappa shape index (κ1) is 14.0. The second-order valence-electron chi connectivity index (χ2n) is 3.89. The van der Waals surface area contributed by atoms with Gasteiger partial charge in [0.1, 0.15) is 5.75 Å². The Kier molecular flexibility index (Phi) is 4.67. The number of amides is 1. The predicted molar refractivity (Wildman–Crippen MR) is 74.0 cm³/mol. The second-order valence-corrected chi connectivity index (χ2v) is 4.78. The van der Waals surface area contributed by atoms with Crippen molar-refractivity contribution < 1.29 is 19.4 Å². The van der Waals surface area contributed by atoms with Crippen LogP contribution in [0.25, 0.3) is 0 Å². The number of carbonyl (C=O) groups excluding carboxylic acids is 1. The zero-order valence-electron chi connectivity index (χ0n) is 10.4. The van der Waals surface area contributed by atoms with E-state index in [1.165, 1.54) is 11.3 Å². The number of rotatable bonds is 6. The van der Waals surface area contributed by atoms with Crippen molar-refractivity contribution in [3.05, 3.63) is 41.4 Å². The van der Waals surface area contributed by atoms with Gasteiger partial charge in [-0.1, -0.05) is 12.1 Å². The Bertz CT molecular complexity index is 581. The summed E-state index contributed by atoms with van der Waals surface area (Å²) in [6.07, 6.45) is 1.56. The standard InChI is InChI=1S/C13H12N2O4S/c16-11(15-13-14-5-6-20-13)8-19-10-3-1-9(2-4-10)7-12(17)18/h1-6H,7-8H2,(H,17,18)(H,14,15,16). The molecule has 2 N–H and O–H groups in total. The highest BCUT2D eigenvalue weighted by atomic mass is 32.1. The van der Waals surface area contributed by atoms with Gasteiger partial charge in [-0.05, 0) is 17.7 Å². The summed E-state index contributed by atoms with van der Waals surface area (Å²) in [6, 6.07) is 6.58. The molecule has 0 atom stereocenters. The van der Waals surface area contributed by atoms with Gasteiger partial charge in [0.2, 0.25) is 0 Å². The van der Waals surface area contributed by atoms with Gasteiger partial charge in [0, 0.05) is 11.6 Å². The molecule has 1 amide bonds. The van der Waals surface area contributed by atoms with E-state index < -0.39 is 5.97 Å². The molecule has 2 rings (SSSR count). The molecule has 0 aliphatic carbocycles. The molecule has 1 aromatic carbocycles. The van der Waals surface area contributed by atoms with Crippen LogP contribution in [-0.2, 0) is 16.0 Å². The topological polar surface area (TPSA) is 88.5 Å². The van der Waals surface area contributed by atoms with E-state index in [2.05, 4.69) is 10.3 Å². The summed E-state index contributed by atoms with van der Waals surface area (Å²) < 4.78 is 5.29. The minimum atomic E-state index is -0.888. The SMILES string of the molecule is O=C(O)Cc1ccc(OCC(=O)Nc2nccs2)cc1. The highest BCUT2D eigenvalue weighted by molar-refractivity contribution is 7.13. The van der Waals surface area contributed by atoms with Crippen LogP contribution in [0.2, 0.25) is 0 Å². The molecule has 0 saturated heterocycles. The van der Waals surface area contributed by atoms with Crippen LogP contribution >= 0.6 is 11.3 Å². The van der Waals surface area contributed by atoms with E-state index >= 15 is 0 Å². The fourth-order valence-electron chi connectivity index (χ4n) is 1.47. The number of benzene rings is 1. The molecule has 1 aromatic heterocycles. The van der Waals surface area contributed by atoms with E-state index in [0.717, 1.165) is 0 Å². The van der Waals surface area contributed by atoms with Crippen LogP contribution in [-0.4, -0.2) is 28.6 Å². The first-order valence-electron chi connectivity index (χ1n) is 5.76. The largest absolute Gasteiger partial charge is 0.484 e. The van der Waals surface area contributed by atoms with E-state index in [4.69, 9.17) is 9.84 Å². The molecule has 0 spiro atoms. The Morgan fingerprint density at radius 1 is 1.30 bits per heavy atom. The van der Waals surface area contributed by atoms with Crippen LogP contribution < -0.4 is 10.1 Å². The minimum Gasteiger partial charge on any atom is -0.484 e. The normalized spacial score (nSPS) is 10.0. The average molecular weight is 292 g/mol. The number of nitrogens with zero attached hydrogens (tertiary/aromatic N) is 1. The van der Waals surface area contributed by atoms with E-state index in [-0.39, 0.29) is 18.9 Å². The molecule has 6 nitrogen and oxygen atoms in total. The van der Waals surface area contributed by atoms with Gasteiger partial charge in [-0.15, -0.1) is 11.3 Å². The van der Waals surface area contributed by atoms with Gasteiger partial charge in [-0.25, -0.2) is 4.98 Å². The summed E-state index contributed by atoms with van der Waals surface area (Å²) in [5.41, 5.74) is 0.678. The first-order chi connectivity index (χ1) is 9.63. The predicted octanol–water partition coefficient (Wildman–Crippen LogP) is 1.79. The molecular formula is C13H12N2O4S. The van der Waals surface area contributed by atoms with Crippen LogP contribution in [0.15, 0.2) is 35.8 Å². The number of aliphatic carboxylic acids is 1. The quantitative estimate of drug-likeness (QED) is 0.847. The summed E-state index contributed by atoms with van der Waals surface area (Å²) in [6.45, 7) is -0.127. The highest BCUT2D eigenvalue weighted by Gasteiger charge is 2.06. The van der Waals surface area contributed by atoms with Crippen molar-refractivity contribution >= 4 is 28.3 Å². The maximum absolute atomic E-state index is 11.5. The van der Waals surface area contributed by atoms with Gasteiger partial charge < -0.3 is 9.84 Å². The molecule has 0 aliphatic rings. The highest BCUT2D eigenvalue weighted by Crippen LogP contribution is 2.13. The molecule has 0 unspecified atom stereocenters. The van der Waals surface area contributed by atoms with Crippen LogP contribution in [0.4, 0.5) is 5.13 Å². The Labute approximate surface area is 119 Å². The van der Waals surface area contributed by atoms with E-state index in [0.29, 0.717) is 16.4 Å². The number of aromatic nitrogens is 1. The smallest absolute Gasteiger partial charge is 0.307 e. The fourth-order valence-corrected chi connectivity index (χ4v) is 2.01. The van der Waals surface area contributed by atoms with Gasteiger partial charge in [0.25, 0.3) is 5.91 Å². The number of hydrogen-bond donors (Lipinski definition) is 2. The maximum Gasteiger partial charge on any atom is 0.307 e. The van der Waals surface area contributed by atoms with Gasteiger partial charge in [0.05, 0.1) is 6.42 Å². The van der Waals surface area contributed by atoms with Crippen molar-refractivity contribution in [1.82, 2.24) is 4.98 Å². The van der Waals surface area contributed by atoms with Crippen LogP contribution in [0.5, 0.6) is 5.75 Å². The summed E-state index contributed by atoms with van der Waals surface area (Å²) in [5, 5.41) is 13.5. The van der Waals surface area contributed by atoms with E-state index in [1.54, 1.807) is 35.8 Å². The molecule has 0 fully saturated rings. The minimum absolute atomic E-state index is 0.0369. The van der Waals surface area contributed by atoms with Crippen molar-refractivity contribution in [2.24, 2.45) is 0 Å². The Morgan fingerprint density at radius 2 is 2.05 bits per heavy atom. The van der Waals surface area contributed by atoms with Gasteiger partial charge in [0.15, 0.2) is 11.7 Å². The Balaban J connectivity index is 1.81. The molecule has 20 heavy (non-hydrogen) atoms. The third kappa shape index (κ3) is 4.36. The number of carboxylic acids is 1. The van der Waals surface area contributed by atoms with Crippen LogP contribution in [0.3, 0.4) is 0 Å². The number of ether oxygens (including phenoxy) is 1. The lowest BCUT2D eigenvalue weighted by molar-refractivity contribution is -0.136. The third-order valence-corrected chi connectivity index (χ3v) is 3.02. The van der Waals surface area contributed by atoms with Gasteiger partial charge >= 0.3 is 5.97 Å². The molecule has 104 valence electrons. The number of anilines is 1. The third-order valence-electron chi connectivity index (χ3n) is 2.33. The van der Waals surface area contributed by atoms with Crippen molar-refractivity contribution in [2.45, 2.75) is 6.42 Å². The number of nitrogens with one attached hydrogen (secondary N) is 1. The summed E-state index contributed by atoms with van der Waals surface area (Å²) in [7, 11) is 0. The molecule has 0 bridgehead atoms. The van der Waals surface area contributed by atoms with Crippen molar-refractivity contribution in [1.29, 1.82) is 0 Å². The van der Waals surface area contributed by atoms with Gasteiger partial charge in [-0.2, -0.15) is 0 Å². The van der Waals surface area contributed by atoms with Gasteiger partial charge in [-0.3, -0.25) is 14.9 Å². The molecule has 2 aromatic rings. The Hall–Kier alpha value is -2.41. The molecule has 1 heterocycles. The zero-order chi connectivity index (χ0) is 14.4. The van der Waals surface area contributed by atoms with Crippen molar-refractivity contribution in [2.75, 3.05) is 11.9 Å². The fraction of sp³-hybridized carbons (Fsp3) is 0.154. The van der Waals surface area contributed by atoms with Crippen molar-refractivity contribution in [3.8, 4) is 5.75 Å². The molecule has 0 saturated carbocycles.